The fraction of sp³-hybridized carbons (Fsp3) is 0.517. The topological polar surface area (TPSA) is 131 Å². The summed E-state index contributed by atoms with van der Waals surface area (Å²) in [4.78, 5) is 24.5. The van der Waals surface area contributed by atoms with Crippen LogP contribution in [0.3, 0.4) is 0 Å². The highest BCUT2D eigenvalue weighted by Crippen LogP contribution is 2.59. The Kier molecular flexibility index (Phi) is 7.49. The first-order chi connectivity index (χ1) is 20.8. The molecule has 5 heterocycles. The number of nitrogens with one attached hydrogen (secondary N) is 2. The molecule has 6 rings (SSSR count). The van der Waals surface area contributed by atoms with Gasteiger partial charge in [-0.25, -0.2) is 19.4 Å². The minimum absolute atomic E-state index is 0.0701. The fourth-order valence-corrected chi connectivity index (χ4v) is 7.03. The normalized spacial score (nSPS) is 22.2. The number of aromatic nitrogens is 4. The van der Waals surface area contributed by atoms with Crippen molar-refractivity contribution in [1.29, 1.82) is 0 Å². The molecule has 236 valence electrons. The van der Waals surface area contributed by atoms with Gasteiger partial charge in [-0.1, -0.05) is 6.07 Å². The molecular weight excluding hydrogens is 599 g/mol. The van der Waals surface area contributed by atoms with Crippen molar-refractivity contribution in [1.82, 2.24) is 24.5 Å². The number of alkyl halides is 3. The first-order valence-corrected chi connectivity index (χ1v) is 16.1. The molecule has 11 nitrogen and oxygen atoms in total. The second kappa shape index (κ2) is 10.9. The number of rotatable bonds is 5. The molecule has 2 fully saturated rings. The molecule has 1 amide bonds. The quantitative estimate of drug-likeness (QED) is 0.410. The summed E-state index contributed by atoms with van der Waals surface area (Å²) in [6.45, 7) is 5.21. The third kappa shape index (κ3) is 5.93. The van der Waals surface area contributed by atoms with Crippen molar-refractivity contribution in [2.75, 3.05) is 29.9 Å². The molecule has 0 radical (unpaired) electrons. The molecule has 3 aromatic rings. The molecule has 4 bridgehead atoms. The van der Waals surface area contributed by atoms with Crippen molar-refractivity contribution in [3.05, 3.63) is 48.2 Å². The summed E-state index contributed by atoms with van der Waals surface area (Å²) in [6, 6.07) is 9.12. The average Bonchev–Trinajstić information content (AvgIpc) is 3.51. The zero-order chi connectivity index (χ0) is 31.3. The van der Waals surface area contributed by atoms with Gasteiger partial charge in [0.1, 0.15) is 11.6 Å². The first kappa shape index (κ1) is 30.2. The SMILES string of the molecule is CC1(C)C[C@@H]2CCCNc3cccc(n3)S(=O)(=O)NC(=O)c3ccc(-n4ccc(OCCC5(C(F)(F)F)CC5)n4)nc3N1C2. The number of nitrogens with zero attached hydrogens (tertiary/aromatic N) is 5. The Hall–Kier alpha value is -3.88. The zero-order valence-corrected chi connectivity index (χ0v) is 25.2. The van der Waals surface area contributed by atoms with Crippen LogP contribution in [0.5, 0.6) is 5.88 Å². The summed E-state index contributed by atoms with van der Waals surface area (Å²) >= 11 is 0. The lowest BCUT2D eigenvalue weighted by atomic mass is 9.93. The van der Waals surface area contributed by atoms with Crippen molar-refractivity contribution in [2.45, 2.75) is 69.1 Å². The van der Waals surface area contributed by atoms with E-state index in [1.165, 1.54) is 28.9 Å². The van der Waals surface area contributed by atoms with Gasteiger partial charge in [0, 0.05) is 30.9 Å². The maximum Gasteiger partial charge on any atom is 0.394 e. The van der Waals surface area contributed by atoms with E-state index in [9.17, 15) is 26.4 Å². The predicted molar refractivity (Wildman–Crippen MR) is 155 cm³/mol. The van der Waals surface area contributed by atoms with Gasteiger partial charge in [-0.3, -0.25) is 4.79 Å². The maximum absolute atomic E-state index is 13.5. The molecule has 0 aromatic carbocycles. The molecule has 2 N–H and O–H groups in total. The van der Waals surface area contributed by atoms with Gasteiger partial charge in [-0.15, -0.1) is 5.10 Å². The number of amides is 1. The molecular formula is C29H34F3N7O4S. The lowest BCUT2D eigenvalue weighted by molar-refractivity contribution is -0.190. The van der Waals surface area contributed by atoms with Gasteiger partial charge >= 0.3 is 6.18 Å². The smallest absolute Gasteiger partial charge is 0.394 e. The molecule has 1 saturated heterocycles. The Balaban J connectivity index is 1.30. The second-order valence-electron chi connectivity index (χ2n) is 12.4. The number of hydrogen-bond acceptors (Lipinski definition) is 9. The Morgan fingerprint density at radius 2 is 1.91 bits per heavy atom. The molecule has 1 atom stereocenters. The summed E-state index contributed by atoms with van der Waals surface area (Å²) in [7, 11) is -4.30. The molecule has 0 spiro atoms. The summed E-state index contributed by atoms with van der Waals surface area (Å²) in [5.41, 5.74) is -1.99. The number of halogens is 3. The number of sulfonamides is 1. The number of carbonyl (C=O) groups excluding carboxylic acids is 1. The van der Waals surface area contributed by atoms with Gasteiger partial charge in [0.05, 0.1) is 17.6 Å². The molecule has 1 aliphatic carbocycles. The number of fused-ring (bicyclic) bond motifs is 6. The van der Waals surface area contributed by atoms with Gasteiger partial charge < -0.3 is 15.0 Å². The summed E-state index contributed by atoms with van der Waals surface area (Å²) < 4.78 is 75.2. The number of pyridine rings is 2. The van der Waals surface area contributed by atoms with Gasteiger partial charge in [0.15, 0.2) is 10.8 Å². The monoisotopic (exact) mass is 633 g/mol. The highest BCUT2D eigenvalue weighted by atomic mass is 32.2. The largest absolute Gasteiger partial charge is 0.477 e. The van der Waals surface area contributed by atoms with Gasteiger partial charge in [-0.05, 0) is 82.6 Å². The number of anilines is 2. The molecule has 1 saturated carbocycles. The van der Waals surface area contributed by atoms with Crippen LogP contribution in [0.1, 0.15) is 62.7 Å². The predicted octanol–water partition coefficient (Wildman–Crippen LogP) is 4.70. The van der Waals surface area contributed by atoms with E-state index in [1.54, 1.807) is 18.3 Å². The second-order valence-corrected chi connectivity index (χ2v) is 14.0. The van der Waals surface area contributed by atoms with Crippen molar-refractivity contribution in [2.24, 2.45) is 11.3 Å². The van der Waals surface area contributed by atoms with Crippen molar-refractivity contribution in [3.63, 3.8) is 0 Å². The summed E-state index contributed by atoms with van der Waals surface area (Å²) in [6.07, 6.45) is -0.0243. The third-order valence-electron chi connectivity index (χ3n) is 8.73. The lowest BCUT2D eigenvalue weighted by Crippen LogP contribution is -2.41. The molecule has 44 heavy (non-hydrogen) atoms. The zero-order valence-electron chi connectivity index (χ0n) is 24.4. The van der Waals surface area contributed by atoms with Crippen LogP contribution in [0.25, 0.3) is 5.82 Å². The highest BCUT2D eigenvalue weighted by Gasteiger charge is 2.62. The van der Waals surface area contributed by atoms with Crippen LogP contribution in [0.4, 0.5) is 24.8 Å². The average molecular weight is 634 g/mol. The minimum Gasteiger partial charge on any atom is -0.477 e. The fourth-order valence-electron chi connectivity index (χ4n) is 6.09. The standard InChI is InChI=1S/C29H34F3N7O4S/c1-27(2)17-19-5-4-14-33-21-6-3-7-24(34-21)44(41,42)37-26(40)20-8-9-22(35-25(20)38(27)18-19)39-15-10-23(36-39)43-16-13-28(11-12-28)29(30,31)32/h3,6-10,15,19H,4-5,11-14,16-18H2,1-2H3,(H,33,34)(H,37,40)/t19-/m0/s1. The van der Waals surface area contributed by atoms with E-state index < -0.39 is 33.1 Å². The number of hydrogen-bond donors (Lipinski definition) is 2. The van der Waals surface area contributed by atoms with Crippen LogP contribution < -0.4 is 19.7 Å². The first-order valence-electron chi connectivity index (χ1n) is 14.6. The van der Waals surface area contributed by atoms with E-state index in [0.29, 0.717) is 36.5 Å². The summed E-state index contributed by atoms with van der Waals surface area (Å²) in [5.74, 6) is 0.643. The van der Waals surface area contributed by atoms with Gasteiger partial charge in [0.25, 0.3) is 15.9 Å². The third-order valence-corrected chi connectivity index (χ3v) is 9.96. The van der Waals surface area contributed by atoms with E-state index in [2.05, 4.69) is 34.0 Å². The Morgan fingerprint density at radius 3 is 2.66 bits per heavy atom. The highest BCUT2D eigenvalue weighted by molar-refractivity contribution is 7.90. The van der Waals surface area contributed by atoms with Gasteiger partial charge in [0.2, 0.25) is 5.88 Å². The van der Waals surface area contributed by atoms with E-state index in [-0.39, 0.29) is 42.3 Å². The summed E-state index contributed by atoms with van der Waals surface area (Å²) in [5, 5.41) is 7.23. The van der Waals surface area contributed by atoms with E-state index in [4.69, 9.17) is 9.72 Å². The van der Waals surface area contributed by atoms with E-state index in [0.717, 1.165) is 19.3 Å². The van der Waals surface area contributed by atoms with Crippen LogP contribution >= 0.6 is 0 Å². The van der Waals surface area contributed by atoms with Gasteiger partial charge in [-0.2, -0.15) is 21.6 Å². The van der Waals surface area contributed by atoms with Crippen LogP contribution in [0.2, 0.25) is 0 Å². The number of ether oxygens (including phenoxy) is 1. The molecule has 15 heteroatoms. The Morgan fingerprint density at radius 1 is 1.11 bits per heavy atom. The van der Waals surface area contributed by atoms with Crippen molar-refractivity contribution < 1.29 is 31.1 Å². The molecule has 3 aromatic heterocycles. The Bertz CT molecular complexity index is 1670. The van der Waals surface area contributed by atoms with Crippen LogP contribution in [0.15, 0.2) is 47.6 Å². The molecule has 3 aliphatic rings. The molecule has 2 aliphatic heterocycles. The van der Waals surface area contributed by atoms with Crippen LogP contribution in [-0.4, -0.2) is 65.5 Å². The van der Waals surface area contributed by atoms with Crippen molar-refractivity contribution in [3.8, 4) is 11.7 Å². The molecule has 0 unspecified atom stereocenters. The Labute approximate surface area is 253 Å². The maximum atomic E-state index is 13.5. The van der Waals surface area contributed by atoms with Crippen LogP contribution in [-0.2, 0) is 10.0 Å². The van der Waals surface area contributed by atoms with E-state index in [1.807, 2.05) is 4.90 Å². The van der Waals surface area contributed by atoms with Crippen molar-refractivity contribution >= 4 is 27.6 Å². The number of carbonyl (C=O) groups is 1. The van der Waals surface area contributed by atoms with Crippen LogP contribution in [0, 0.1) is 11.3 Å². The van der Waals surface area contributed by atoms with E-state index >= 15 is 0 Å². The lowest BCUT2D eigenvalue weighted by Gasteiger charge is -2.34. The minimum atomic E-state index is -4.30.